The zero-order valence-corrected chi connectivity index (χ0v) is 11.4. The van der Waals surface area contributed by atoms with Gasteiger partial charge in [-0.2, -0.15) is 0 Å². The van der Waals surface area contributed by atoms with Crippen molar-refractivity contribution < 1.29 is 9.90 Å². The summed E-state index contributed by atoms with van der Waals surface area (Å²) in [4.78, 5) is 13.1. The number of ketones is 1. The predicted octanol–water partition coefficient (Wildman–Crippen LogP) is 4.31. The van der Waals surface area contributed by atoms with Crippen molar-refractivity contribution in [3.05, 3.63) is 42.0 Å². The van der Waals surface area contributed by atoms with Gasteiger partial charge in [0.05, 0.1) is 0 Å². The summed E-state index contributed by atoms with van der Waals surface area (Å²) in [5.41, 5.74) is 0.686. The molecule has 0 radical (unpaired) electrons. The van der Waals surface area contributed by atoms with Crippen LogP contribution < -0.4 is 0 Å². The Balaban J connectivity index is 1.87. The van der Waals surface area contributed by atoms with E-state index in [4.69, 9.17) is 0 Å². The van der Waals surface area contributed by atoms with Gasteiger partial charge < -0.3 is 5.11 Å². The van der Waals surface area contributed by atoms with E-state index in [1.54, 1.807) is 12.1 Å². The van der Waals surface area contributed by atoms with Crippen LogP contribution >= 0.6 is 0 Å². The maximum Gasteiger partial charge on any atom is 0.169 e. The fraction of sp³-hybridized carbons (Fsp3) is 0.389. The van der Waals surface area contributed by atoms with E-state index in [2.05, 4.69) is 0 Å². The van der Waals surface area contributed by atoms with E-state index in [9.17, 15) is 9.90 Å². The maximum absolute atomic E-state index is 13.1. The molecule has 0 heterocycles. The molecule has 2 aliphatic rings. The molecule has 0 saturated heterocycles. The minimum atomic E-state index is -0.107. The molecule has 0 amide bonds. The fourth-order valence-corrected chi connectivity index (χ4v) is 4.28. The summed E-state index contributed by atoms with van der Waals surface area (Å²) < 4.78 is 0. The number of aromatic hydroxyl groups is 1. The zero-order chi connectivity index (χ0) is 13.7. The van der Waals surface area contributed by atoms with Gasteiger partial charge in [-0.05, 0) is 55.5 Å². The average molecular weight is 266 g/mol. The highest BCUT2D eigenvalue weighted by Gasteiger charge is 2.50. The molecule has 2 aliphatic carbocycles. The Morgan fingerprint density at radius 3 is 2.40 bits per heavy atom. The largest absolute Gasteiger partial charge is 0.507 e. The molecule has 0 atom stereocenters. The Kier molecular flexibility index (Phi) is 2.44. The molecule has 2 fully saturated rings. The van der Waals surface area contributed by atoms with Gasteiger partial charge in [0.15, 0.2) is 5.78 Å². The standard InChI is InChI=1S/C18H18O2/c19-16-6-5-15(13-3-1-2-4-14(13)16)17(20)18-9-7-12(11-18)8-10-18/h1-6,12,19H,7-11H2. The van der Waals surface area contributed by atoms with E-state index in [0.29, 0.717) is 5.78 Å². The smallest absolute Gasteiger partial charge is 0.169 e. The summed E-state index contributed by atoms with van der Waals surface area (Å²) in [6.45, 7) is 0. The van der Waals surface area contributed by atoms with Crippen LogP contribution in [0.15, 0.2) is 36.4 Å². The number of carbonyl (C=O) groups is 1. The highest BCUT2D eigenvalue weighted by molar-refractivity contribution is 6.12. The normalized spacial score (nSPS) is 28.1. The van der Waals surface area contributed by atoms with Gasteiger partial charge in [-0.25, -0.2) is 0 Å². The van der Waals surface area contributed by atoms with Crippen LogP contribution in [0.2, 0.25) is 0 Å². The number of hydrogen-bond donors (Lipinski definition) is 1. The van der Waals surface area contributed by atoms with Crippen LogP contribution in [0.25, 0.3) is 10.8 Å². The van der Waals surface area contributed by atoms with Crippen molar-refractivity contribution in [3.8, 4) is 5.75 Å². The molecule has 2 aromatic rings. The lowest BCUT2D eigenvalue weighted by atomic mass is 9.76. The predicted molar refractivity (Wildman–Crippen MR) is 79.0 cm³/mol. The van der Waals surface area contributed by atoms with Gasteiger partial charge in [0.25, 0.3) is 0 Å². The Hall–Kier alpha value is -1.83. The molecule has 1 N–H and O–H groups in total. The number of fused-ring (bicyclic) bond motifs is 3. The Bertz CT molecular complexity index is 694. The summed E-state index contributed by atoms with van der Waals surface area (Å²) in [5.74, 6) is 1.32. The van der Waals surface area contributed by atoms with Gasteiger partial charge in [0, 0.05) is 16.4 Å². The molecule has 0 unspecified atom stereocenters. The molecule has 102 valence electrons. The summed E-state index contributed by atoms with van der Waals surface area (Å²) in [6, 6.07) is 11.1. The van der Waals surface area contributed by atoms with Crippen molar-refractivity contribution in [3.63, 3.8) is 0 Å². The van der Waals surface area contributed by atoms with E-state index in [1.165, 1.54) is 12.8 Å². The van der Waals surface area contributed by atoms with Crippen LogP contribution in [0.1, 0.15) is 42.5 Å². The third-order valence-corrected chi connectivity index (χ3v) is 5.37. The molecule has 2 nitrogen and oxygen atoms in total. The number of Topliss-reactive ketones (excluding diaryl/α,β-unsaturated/α-hetero) is 1. The number of rotatable bonds is 2. The first-order chi connectivity index (χ1) is 9.70. The third kappa shape index (κ3) is 1.54. The highest BCUT2D eigenvalue weighted by atomic mass is 16.3. The van der Waals surface area contributed by atoms with Crippen LogP contribution in [-0.4, -0.2) is 10.9 Å². The summed E-state index contributed by atoms with van der Waals surface area (Å²) >= 11 is 0. The first-order valence-electron chi connectivity index (χ1n) is 7.45. The van der Waals surface area contributed by atoms with Gasteiger partial charge in [0.1, 0.15) is 5.75 Å². The molecule has 20 heavy (non-hydrogen) atoms. The highest BCUT2D eigenvalue weighted by Crippen LogP contribution is 2.55. The molecule has 0 aliphatic heterocycles. The molecule has 2 aromatic carbocycles. The van der Waals surface area contributed by atoms with E-state index in [0.717, 1.165) is 41.5 Å². The third-order valence-electron chi connectivity index (χ3n) is 5.37. The zero-order valence-electron chi connectivity index (χ0n) is 11.4. The minimum Gasteiger partial charge on any atom is -0.507 e. The Labute approximate surface area is 118 Å². The van der Waals surface area contributed by atoms with Gasteiger partial charge in [-0.15, -0.1) is 0 Å². The molecule has 2 heteroatoms. The number of phenolic OH excluding ortho intramolecular Hbond substituents is 1. The molecular formula is C18H18O2. The molecule has 0 aromatic heterocycles. The van der Waals surface area contributed by atoms with Crippen LogP contribution in [0, 0.1) is 11.3 Å². The number of benzene rings is 2. The van der Waals surface area contributed by atoms with Crippen LogP contribution in [0.3, 0.4) is 0 Å². The molecule has 4 rings (SSSR count). The van der Waals surface area contributed by atoms with Crippen LogP contribution in [0.4, 0.5) is 0 Å². The van der Waals surface area contributed by atoms with Crippen molar-refractivity contribution in [2.45, 2.75) is 32.1 Å². The van der Waals surface area contributed by atoms with Gasteiger partial charge in [0.2, 0.25) is 0 Å². The average Bonchev–Trinajstić information content (AvgIpc) is 3.09. The molecule has 2 bridgehead atoms. The van der Waals surface area contributed by atoms with E-state index >= 15 is 0 Å². The van der Waals surface area contributed by atoms with Crippen molar-refractivity contribution >= 4 is 16.6 Å². The van der Waals surface area contributed by atoms with Crippen LogP contribution in [0.5, 0.6) is 5.75 Å². The summed E-state index contributed by atoms with van der Waals surface area (Å²) in [5, 5.41) is 11.6. The molecular weight excluding hydrogens is 248 g/mol. The Morgan fingerprint density at radius 1 is 1.05 bits per heavy atom. The van der Waals surface area contributed by atoms with E-state index in [1.807, 2.05) is 24.3 Å². The quantitative estimate of drug-likeness (QED) is 0.822. The van der Waals surface area contributed by atoms with Crippen LogP contribution in [-0.2, 0) is 0 Å². The fourth-order valence-electron chi connectivity index (χ4n) is 4.28. The maximum atomic E-state index is 13.1. The monoisotopic (exact) mass is 266 g/mol. The second-order valence-electron chi connectivity index (χ2n) is 6.43. The lowest BCUT2D eigenvalue weighted by Gasteiger charge is -2.25. The van der Waals surface area contributed by atoms with E-state index < -0.39 is 0 Å². The van der Waals surface area contributed by atoms with Gasteiger partial charge in [-0.1, -0.05) is 24.3 Å². The number of carbonyl (C=O) groups excluding carboxylic acids is 1. The lowest BCUT2D eigenvalue weighted by Crippen LogP contribution is -2.26. The first kappa shape index (κ1) is 12.0. The number of phenols is 1. The van der Waals surface area contributed by atoms with Crippen molar-refractivity contribution in [1.29, 1.82) is 0 Å². The SMILES string of the molecule is O=C(c1ccc(O)c2ccccc12)C12CCC(CC1)C2. The van der Waals surface area contributed by atoms with Crippen molar-refractivity contribution in [1.82, 2.24) is 0 Å². The summed E-state index contributed by atoms with van der Waals surface area (Å²) in [6.07, 6.45) is 5.59. The minimum absolute atomic E-state index is 0.107. The second-order valence-corrected chi connectivity index (χ2v) is 6.43. The van der Waals surface area contributed by atoms with Gasteiger partial charge >= 0.3 is 0 Å². The van der Waals surface area contributed by atoms with Crippen molar-refractivity contribution in [2.75, 3.05) is 0 Å². The second kappa shape index (κ2) is 4.08. The first-order valence-corrected chi connectivity index (χ1v) is 7.45. The topological polar surface area (TPSA) is 37.3 Å². The number of hydrogen-bond acceptors (Lipinski definition) is 2. The van der Waals surface area contributed by atoms with Crippen molar-refractivity contribution in [2.24, 2.45) is 11.3 Å². The Morgan fingerprint density at radius 2 is 1.75 bits per heavy atom. The van der Waals surface area contributed by atoms with Gasteiger partial charge in [-0.3, -0.25) is 4.79 Å². The molecule has 0 spiro atoms. The lowest BCUT2D eigenvalue weighted by molar-refractivity contribution is 0.0804. The van der Waals surface area contributed by atoms with E-state index in [-0.39, 0.29) is 11.2 Å². The summed E-state index contributed by atoms with van der Waals surface area (Å²) in [7, 11) is 0. The molecule has 2 saturated carbocycles.